The van der Waals surface area contributed by atoms with Crippen molar-refractivity contribution in [3.63, 3.8) is 0 Å². The Morgan fingerprint density at radius 2 is 1.80 bits per heavy atom. The van der Waals surface area contributed by atoms with Crippen LogP contribution >= 0.6 is 0 Å². The van der Waals surface area contributed by atoms with Gasteiger partial charge >= 0.3 is 11.9 Å². The number of carbonyl (C=O) groups excluding carboxylic acids is 2. The Morgan fingerprint density at radius 3 is 2.27 bits per heavy atom. The van der Waals surface area contributed by atoms with Gasteiger partial charge in [-0.2, -0.15) is 0 Å². The second-order valence-corrected chi connectivity index (χ2v) is 5.61. The van der Waals surface area contributed by atoms with Gasteiger partial charge in [0.05, 0.1) is 12.3 Å². The molecule has 3 nitrogen and oxygen atoms in total. The Hall–Kier alpha value is -0.860. The minimum atomic E-state index is -0.338. The Kier molecular flexibility index (Phi) is 2.57. The molecule has 0 spiro atoms. The summed E-state index contributed by atoms with van der Waals surface area (Å²) in [4.78, 5) is 22.4. The van der Waals surface area contributed by atoms with Crippen molar-refractivity contribution in [3.05, 3.63) is 0 Å². The molecule has 15 heavy (non-hydrogen) atoms. The Morgan fingerprint density at radius 1 is 1.20 bits per heavy atom. The van der Waals surface area contributed by atoms with Crippen molar-refractivity contribution in [3.8, 4) is 0 Å². The topological polar surface area (TPSA) is 43.4 Å². The Labute approximate surface area is 90.2 Å². The summed E-state index contributed by atoms with van der Waals surface area (Å²) in [5.74, 6) is -0.398. The summed E-state index contributed by atoms with van der Waals surface area (Å²) in [6.07, 6.45) is 4.72. The van der Waals surface area contributed by atoms with Crippen LogP contribution in [0.15, 0.2) is 0 Å². The minimum Gasteiger partial charge on any atom is -0.393 e. The average molecular weight is 210 g/mol. The zero-order chi connectivity index (χ0) is 11.1. The van der Waals surface area contributed by atoms with E-state index < -0.39 is 0 Å². The lowest BCUT2D eigenvalue weighted by atomic mass is 9.69. The van der Waals surface area contributed by atoms with Gasteiger partial charge < -0.3 is 4.74 Å². The number of ether oxygens (including phenoxy) is 1. The normalized spacial score (nSPS) is 31.7. The van der Waals surface area contributed by atoms with Gasteiger partial charge in [-0.05, 0) is 37.0 Å². The molecule has 1 saturated carbocycles. The van der Waals surface area contributed by atoms with Gasteiger partial charge in [-0.25, -0.2) is 0 Å². The molecule has 0 N–H and O–H groups in total. The standard InChI is InChI=1S/C12H18O3/c1-12(2)5-3-8(4-6-12)9-7-10(13)15-11(9)14/h8-9H,3-7H2,1-2H3. The van der Waals surface area contributed by atoms with Gasteiger partial charge in [-0.3, -0.25) is 9.59 Å². The highest BCUT2D eigenvalue weighted by Crippen LogP contribution is 2.42. The molecule has 0 radical (unpaired) electrons. The molecule has 1 atom stereocenters. The van der Waals surface area contributed by atoms with E-state index in [1.807, 2.05) is 0 Å². The van der Waals surface area contributed by atoms with Crippen LogP contribution in [0, 0.1) is 17.3 Å². The van der Waals surface area contributed by atoms with E-state index in [2.05, 4.69) is 18.6 Å². The zero-order valence-corrected chi connectivity index (χ0v) is 9.41. The summed E-state index contributed by atoms with van der Waals surface area (Å²) in [7, 11) is 0. The number of hydrogen-bond donors (Lipinski definition) is 0. The Balaban J connectivity index is 1.96. The van der Waals surface area contributed by atoms with Gasteiger partial charge in [-0.1, -0.05) is 13.8 Å². The molecular formula is C12H18O3. The molecule has 0 bridgehead atoms. The van der Waals surface area contributed by atoms with Gasteiger partial charge in [-0.15, -0.1) is 0 Å². The fraction of sp³-hybridized carbons (Fsp3) is 0.833. The quantitative estimate of drug-likeness (QED) is 0.492. The minimum absolute atomic E-state index is 0.145. The number of hydrogen-bond acceptors (Lipinski definition) is 3. The summed E-state index contributed by atoms with van der Waals surface area (Å²) in [6.45, 7) is 4.53. The lowest BCUT2D eigenvalue weighted by Crippen LogP contribution is -2.28. The number of carbonyl (C=O) groups is 2. The van der Waals surface area contributed by atoms with E-state index in [0.717, 1.165) is 25.7 Å². The van der Waals surface area contributed by atoms with E-state index in [1.165, 1.54) is 0 Å². The van der Waals surface area contributed by atoms with Crippen molar-refractivity contribution in [2.24, 2.45) is 17.3 Å². The highest BCUT2D eigenvalue weighted by Gasteiger charge is 2.41. The molecule has 1 heterocycles. The van der Waals surface area contributed by atoms with Gasteiger partial charge in [0.25, 0.3) is 0 Å². The lowest BCUT2D eigenvalue weighted by molar-refractivity contribution is -0.153. The van der Waals surface area contributed by atoms with E-state index >= 15 is 0 Å². The molecule has 1 aliphatic carbocycles. The van der Waals surface area contributed by atoms with Gasteiger partial charge in [0, 0.05) is 0 Å². The van der Waals surface area contributed by atoms with E-state index in [4.69, 9.17) is 0 Å². The largest absolute Gasteiger partial charge is 0.393 e. The van der Waals surface area contributed by atoms with Crippen LogP contribution in [-0.2, 0) is 14.3 Å². The van der Waals surface area contributed by atoms with E-state index in [0.29, 0.717) is 17.8 Å². The molecule has 0 aromatic carbocycles. The number of rotatable bonds is 1. The molecule has 2 rings (SSSR count). The molecule has 1 saturated heterocycles. The third-order valence-electron chi connectivity index (χ3n) is 3.86. The van der Waals surface area contributed by atoms with Crippen molar-refractivity contribution in [1.82, 2.24) is 0 Å². The van der Waals surface area contributed by atoms with Gasteiger partial charge in [0.1, 0.15) is 0 Å². The summed E-state index contributed by atoms with van der Waals surface area (Å²) >= 11 is 0. The van der Waals surface area contributed by atoms with Crippen molar-refractivity contribution in [2.75, 3.05) is 0 Å². The SMILES string of the molecule is CC1(C)CCC(C2CC(=O)OC2=O)CC1. The van der Waals surface area contributed by atoms with E-state index in [-0.39, 0.29) is 17.9 Å². The van der Waals surface area contributed by atoms with E-state index in [9.17, 15) is 9.59 Å². The third kappa shape index (κ3) is 2.21. The van der Waals surface area contributed by atoms with Crippen LogP contribution in [0.5, 0.6) is 0 Å². The molecule has 0 amide bonds. The maximum atomic E-state index is 11.4. The van der Waals surface area contributed by atoms with Gasteiger partial charge in [0.2, 0.25) is 0 Å². The van der Waals surface area contributed by atoms with E-state index in [1.54, 1.807) is 0 Å². The molecule has 0 aromatic heterocycles. The first-order valence-corrected chi connectivity index (χ1v) is 5.72. The van der Waals surface area contributed by atoms with Crippen LogP contribution < -0.4 is 0 Å². The van der Waals surface area contributed by atoms with Crippen molar-refractivity contribution < 1.29 is 14.3 Å². The number of esters is 2. The first-order chi connectivity index (χ1) is 6.98. The molecule has 2 fully saturated rings. The van der Waals surface area contributed by atoms with Crippen LogP contribution in [0.2, 0.25) is 0 Å². The zero-order valence-electron chi connectivity index (χ0n) is 9.41. The van der Waals surface area contributed by atoms with Crippen LogP contribution in [0.1, 0.15) is 46.0 Å². The second kappa shape index (κ2) is 3.62. The second-order valence-electron chi connectivity index (χ2n) is 5.61. The highest BCUT2D eigenvalue weighted by molar-refractivity contribution is 5.94. The molecule has 2 aliphatic rings. The molecule has 1 unspecified atom stereocenters. The Bertz CT molecular complexity index is 283. The summed E-state index contributed by atoms with van der Waals surface area (Å²) in [6, 6.07) is 0. The molecule has 1 aliphatic heterocycles. The number of cyclic esters (lactones) is 2. The van der Waals surface area contributed by atoms with Crippen molar-refractivity contribution in [2.45, 2.75) is 46.0 Å². The predicted octanol–water partition coefficient (Wildman–Crippen LogP) is 2.29. The third-order valence-corrected chi connectivity index (χ3v) is 3.86. The molecule has 0 aromatic rings. The molecule has 84 valence electrons. The summed E-state index contributed by atoms with van der Waals surface area (Å²) < 4.78 is 4.60. The predicted molar refractivity (Wildman–Crippen MR) is 54.9 cm³/mol. The summed E-state index contributed by atoms with van der Waals surface area (Å²) in [5, 5.41) is 0. The molecular weight excluding hydrogens is 192 g/mol. The van der Waals surface area contributed by atoms with Crippen LogP contribution in [0.25, 0.3) is 0 Å². The fourth-order valence-corrected chi connectivity index (χ4v) is 2.68. The van der Waals surface area contributed by atoms with Crippen LogP contribution in [0.4, 0.5) is 0 Å². The maximum absolute atomic E-state index is 11.4. The van der Waals surface area contributed by atoms with Crippen LogP contribution in [0.3, 0.4) is 0 Å². The lowest BCUT2D eigenvalue weighted by Gasteiger charge is -2.35. The first-order valence-electron chi connectivity index (χ1n) is 5.72. The first kappa shape index (κ1) is 10.7. The van der Waals surface area contributed by atoms with Crippen molar-refractivity contribution in [1.29, 1.82) is 0 Å². The molecule has 3 heteroatoms. The van der Waals surface area contributed by atoms with Crippen LogP contribution in [-0.4, -0.2) is 11.9 Å². The van der Waals surface area contributed by atoms with Crippen molar-refractivity contribution >= 4 is 11.9 Å². The monoisotopic (exact) mass is 210 g/mol. The highest BCUT2D eigenvalue weighted by atomic mass is 16.6. The van der Waals surface area contributed by atoms with Gasteiger partial charge in [0.15, 0.2) is 0 Å². The smallest absolute Gasteiger partial charge is 0.317 e. The summed E-state index contributed by atoms with van der Waals surface area (Å²) in [5.41, 5.74) is 0.406. The maximum Gasteiger partial charge on any atom is 0.317 e. The fourth-order valence-electron chi connectivity index (χ4n) is 2.68. The average Bonchev–Trinajstić information content (AvgIpc) is 2.45.